The maximum atomic E-state index is 5.29. The molecule has 1 aliphatic heterocycles. The Morgan fingerprint density at radius 1 is 0.938 bits per heavy atom. The van der Waals surface area contributed by atoms with Gasteiger partial charge in [-0.15, -0.1) is 0 Å². The van der Waals surface area contributed by atoms with Gasteiger partial charge in [-0.2, -0.15) is 0 Å². The van der Waals surface area contributed by atoms with Crippen LogP contribution in [0.5, 0.6) is 5.75 Å². The van der Waals surface area contributed by atoms with E-state index in [2.05, 4.69) is 32.7 Å². The number of hydrogen-bond acceptors (Lipinski definition) is 6. The first kappa shape index (κ1) is 32.2. The van der Waals surface area contributed by atoms with Crippen LogP contribution in [0.2, 0.25) is 0 Å². The van der Waals surface area contributed by atoms with Gasteiger partial charge >= 0.3 is 0 Å². The number of hydrogen-bond donors (Lipinski definition) is 3. The number of methoxy groups -OCH3 is 1. The van der Waals surface area contributed by atoms with Crippen molar-refractivity contribution < 1.29 is 4.74 Å². The van der Waals surface area contributed by atoms with Crippen LogP contribution in [0.15, 0.2) is 48.7 Å². The smallest absolute Gasteiger partial charge is 0.118 e. The lowest BCUT2D eigenvalue weighted by atomic mass is 10.2. The minimum Gasteiger partial charge on any atom is -0.497 e. The second-order valence-electron chi connectivity index (χ2n) is 6.56. The first-order valence-electron chi connectivity index (χ1n) is 12.0. The average Bonchev–Trinajstić information content (AvgIpc) is 3.41. The summed E-state index contributed by atoms with van der Waals surface area (Å²) < 4.78 is 5.03. The molecule has 1 fully saturated rings. The van der Waals surface area contributed by atoms with Crippen molar-refractivity contribution in [2.24, 2.45) is 5.73 Å². The molecule has 1 saturated heterocycles. The Kier molecular flexibility index (Phi) is 25.4. The zero-order chi connectivity index (χ0) is 24.5. The highest BCUT2D eigenvalue weighted by molar-refractivity contribution is 5.26. The van der Waals surface area contributed by atoms with E-state index >= 15 is 0 Å². The van der Waals surface area contributed by atoms with Gasteiger partial charge in [-0.3, -0.25) is 4.98 Å². The number of nitrogens with zero attached hydrogens (tertiary/aromatic N) is 2. The van der Waals surface area contributed by atoms with Gasteiger partial charge < -0.3 is 26.0 Å². The summed E-state index contributed by atoms with van der Waals surface area (Å²) in [5, 5.41) is 6.23. The third-order valence-electron chi connectivity index (χ3n) is 4.35. The normalized spacial score (nSPS) is 11.9. The van der Waals surface area contributed by atoms with Crippen molar-refractivity contribution in [3.63, 3.8) is 0 Å². The lowest BCUT2D eigenvalue weighted by Crippen LogP contribution is -2.27. The average molecular weight is 448 g/mol. The Morgan fingerprint density at radius 3 is 1.97 bits per heavy atom. The van der Waals surface area contributed by atoms with Crippen LogP contribution >= 0.6 is 0 Å². The fourth-order valence-corrected chi connectivity index (χ4v) is 2.74. The number of likely N-dealkylation sites (N-methyl/N-ethyl adjacent to an activating group) is 1. The number of benzene rings is 1. The molecule has 2 aromatic rings. The maximum Gasteiger partial charge on any atom is 0.118 e. The number of nitrogens with one attached hydrogen (secondary N) is 2. The number of rotatable bonds is 7. The van der Waals surface area contributed by atoms with Crippen molar-refractivity contribution in [2.75, 3.05) is 47.4 Å². The van der Waals surface area contributed by atoms with Crippen LogP contribution < -0.4 is 21.1 Å². The van der Waals surface area contributed by atoms with Gasteiger partial charge in [-0.25, -0.2) is 0 Å². The molecule has 1 aliphatic rings. The van der Waals surface area contributed by atoms with Crippen LogP contribution in [0, 0.1) is 0 Å². The predicted molar refractivity (Wildman–Crippen MR) is 140 cm³/mol. The second kappa shape index (κ2) is 25.3. The number of pyridine rings is 1. The lowest BCUT2D eigenvalue weighted by Gasteiger charge is -2.12. The summed E-state index contributed by atoms with van der Waals surface area (Å²) in [5.41, 5.74) is 7.50. The predicted octanol–water partition coefficient (Wildman–Crippen LogP) is 4.31. The highest BCUT2D eigenvalue weighted by Gasteiger charge is 2.09. The largest absolute Gasteiger partial charge is 0.497 e. The molecule has 3 rings (SSSR count). The molecule has 6 nitrogen and oxygen atoms in total. The standard InChI is InChI=1S/C9H13NO.C7H16N2.C6H8N2.2C2H6/c1-10-7-8-3-5-9(11-2)6-4-8;1-8-4-7-9-5-2-3-6-9;7-5-6-3-1-2-4-8-6;2*1-2/h3-6,10H,7H2,1-2H3;8H,2-7H2,1H3;1-4H,5,7H2;2*1-2H3. The molecule has 0 aliphatic carbocycles. The van der Waals surface area contributed by atoms with Crippen molar-refractivity contribution in [3.05, 3.63) is 59.9 Å². The summed E-state index contributed by atoms with van der Waals surface area (Å²) in [4.78, 5) is 6.48. The van der Waals surface area contributed by atoms with E-state index in [0.717, 1.165) is 24.5 Å². The van der Waals surface area contributed by atoms with E-state index in [1.54, 1.807) is 13.3 Å². The monoisotopic (exact) mass is 447 g/mol. The van der Waals surface area contributed by atoms with Crippen LogP contribution in [-0.2, 0) is 13.1 Å². The molecule has 0 unspecified atom stereocenters. The van der Waals surface area contributed by atoms with E-state index in [-0.39, 0.29) is 0 Å². The van der Waals surface area contributed by atoms with Gasteiger partial charge in [-0.1, -0.05) is 45.9 Å². The van der Waals surface area contributed by atoms with Crippen LogP contribution in [0.25, 0.3) is 0 Å². The molecule has 6 heteroatoms. The van der Waals surface area contributed by atoms with E-state index < -0.39 is 0 Å². The van der Waals surface area contributed by atoms with Gasteiger partial charge in [0.05, 0.1) is 12.8 Å². The zero-order valence-corrected chi connectivity index (χ0v) is 21.7. The molecule has 0 atom stereocenters. The first-order chi connectivity index (χ1) is 15.7. The topological polar surface area (TPSA) is 75.4 Å². The summed E-state index contributed by atoms with van der Waals surface area (Å²) in [6.07, 6.45) is 4.55. The number of aromatic nitrogens is 1. The van der Waals surface area contributed by atoms with E-state index in [1.807, 2.05) is 72.1 Å². The Morgan fingerprint density at radius 2 is 1.56 bits per heavy atom. The molecule has 0 spiro atoms. The summed E-state index contributed by atoms with van der Waals surface area (Å²) in [7, 11) is 5.62. The molecule has 0 amide bonds. The van der Waals surface area contributed by atoms with Gasteiger partial charge in [0.15, 0.2) is 0 Å². The van der Waals surface area contributed by atoms with Crippen LogP contribution in [-0.4, -0.2) is 57.3 Å². The van der Waals surface area contributed by atoms with Gasteiger partial charge in [0.2, 0.25) is 0 Å². The highest BCUT2D eigenvalue weighted by atomic mass is 16.5. The van der Waals surface area contributed by atoms with Gasteiger partial charge in [0.25, 0.3) is 0 Å². The van der Waals surface area contributed by atoms with Crippen molar-refractivity contribution in [2.45, 2.75) is 53.6 Å². The molecule has 0 bridgehead atoms. The van der Waals surface area contributed by atoms with Crippen LogP contribution in [0.3, 0.4) is 0 Å². The third kappa shape index (κ3) is 17.7. The molecule has 0 saturated carbocycles. The van der Waals surface area contributed by atoms with Crippen molar-refractivity contribution in [1.29, 1.82) is 0 Å². The Labute approximate surface area is 198 Å². The fourth-order valence-electron chi connectivity index (χ4n) is 2.74. The highest BCUT2D eigenvalue weighted by Crippen LogP contribution is 2.10. The Balaban J connectivity index is 0. The van der Waals surface area contributed by atoms with Crippen molar-refractivity contribution >= 4 is 0 Å². The third-order valence-corrected chi connectivity index (χ3v) is 4.35. The summed E-state index contributed by atoms with van der Waals surface area (Å²) in [6.45, 7) is 14.4. The van der Waals surface area contributed by atoms with E-state index in [4.69, 9.17) is 10.5 Å². The molecule has 1 aromatic carbocycles. The summed E-state index contributed by atoms with van der Waals surface area (Å²) in [5.74, 6) is 0.907. The Hall–Kier alpha value is -1.99. The zero-order valence-electron chi connectivity index (χ0n) is 21.7. The van der Waals surface area contributed by atoms with Crippen molar-refractivity contribution in [3.8, 4) is 5.75 Å². The molecule has 0 radical (unpaired) electrons. The first-order valence-corrected chi connectivity index (χ1v) is 12.0. The minimum absolute atomic E-state index is 0.529. The van der Waals surface area contributed by atoms with Crippen LogP contribution in [0.4, 0.5) is 0 Å². The SMILES string of the molecule is CC.CC.CNCCN1CCCC1.CNCc1ccc(OC)cc1.NCc1ccccn1. The second-order valence-corrected chi connectivity index (χ2v) is 6.56. The summed E-state index contributed by atoms with van der Waals surface area (Å²) >= 11 is 0. The molecule has 184 valence electrons. The van der Waals surface area contributed by atoms with E-state index in [0.29, 0.717) is 6.54 Å². The number of nitrogens with two attached hydrogens (primary N) is 1. The van der Waals surface area contributed by atoms with E-state index in [1.165, 1.54) is 38.0 Å². The molecule has 1 aromatic heterocycles. The van der Waals surface area contributed by atoms with Crippen molar-refractivity contribution in [1.82, 2.24) is 20.5 Å². The molecular formula is C26H49N5O. The molecular weight excluding hydrogens is 398 g/mol. The molecule has 32 heavy (non-hydrogen) atoms. The molecule has 2 heterocycles. The number of ether oxygens (including phenoxy) is 1. The molecule has 4 N–H and O–H groups in total. The van der Waals surface area contributed by atoms with Gasteiger partial charge in [0, 0.05) is 32.4 Å². The maximum absolute atomic E-state index is 5.29. The van der Waals surface area contributed by atoms with Gasteiger partial charge in [-0.05, 0) is 69.9 Å². The number of likely N-dealkylation sites (tertiary alicyclic amines) is 1. The van der Waals surface area contributed by atoms with Gasteiger partial charge in [0.1, 0.15) is 5.75 Å². The quantitative estimate of drug-likeness (QED) is 0.587. The fraction of sp³-hybridized carbons (Fsp3) is 0.577. The lowest BCUT2D eigenvalue weighted by molar-refractivity contribution is 0.340. The summed E-state index contributed by atoms with van der Waals surface area (Å²) in [6, 6.07) is 13.7. The van der Waals surface area contributed by atoms with E-state index in [9.17, 15) is 0 Å². The Bertz CT molecular complexity index is 587. The van der Waals surface area contributed by atoms with Crippen LogP contribution in [0.1, 0.15) is 51.8 Å². The minimum atomic E-state index is 0.529.